The number of carbonyl (C=O) groups excluding carboxylic acids is 1. The van der Waals surface area contributed by atoms with Gasteiger partial charge in [-0.2, -0.15) is 0 Å². The summed E-state index contributed by atoms with van der Waals surface area (Å²) in [6.07, 6.45) is 0. The Labute approximate surface area is 115 Å². The van der Waals surface area contributed by atoms with Gasteiger partial charge in [-0.15, -0.1) is 0 Å². The van der Waals surface area contributed by atoms with Crippen molar-refractivity contribution in [1.82, 2.24) is 4.90 Å². The molecule has 0 aliphatic rings. The highest BCUT2D eigenvalue weighted by molar-refractivity contribution is 5.80. The van der Waals surface area contributed by atoms with E-state index in [0.29, 0.717) is 13.2 Å². The molecule has 1 aromatic rings. The Kier molecular flexibility index (Phi) is 5.36. The van der Waals surface area contributed by atoms with Crippen molar-refractivity contribution in [2.24, 2.45) is 5.73 Å². The molecule has 4 nitrogen and oxygen atoms in total. The normalized spacial score (nSPS) is 12.1. The largest absolute Gasteiger partial charge is 0.491 e. The number of ether oxygens (including phenoxy) is 1. The van der Waals surface area contributed by atoms with E-state index in [9.17, 15) is 4.79 Å². The molecular weight excluding hydrogens is 240 g/mol. The molecule has 2 N–H and O–H groups in total. The van der Waals surface area contributed by atoms with Crippen molar-refractivity contribution >= 4 is 5.91 Å². The van der Waals surface area contributed by atoms with Crippen molar-refractivity contribution in [1.29, 1.82) is 0 Å². The first-order valence-electron chi connectivity index (χ1n) is 6.54. The van der Waals surface area contributed by atoms with Gasteiger partial charge in [0, 0.05) is 7.05 Å². The molecule has 1 unspecified atom stereocenters. The first-order chi connectivity index (χ1) is 8.84. The van der Waals surface area contributed by atoms with Gasteiger partial charge in [0.2, 0.25) is 5.91 Å². The monoisotopic (exact) mass is 264 g/mol. The zero-order valence-electron chi connectivity index (χ0n) is 12.5. The smallest absolute Gasteiger partial charge is 0.239 e. The summed E-state index contributed by atoms with van der Waals surface area (Å²) in [5.74, 6) is 0.850. The predicted octanol–water partition coefficient (Wildman–Crippen LogP) is 1.80. The van der Waals surface area contributed by atoms with Crippen LogP contribution in [-0.4, -0.2) is 37.0 Å². The number of nitrogens with zero attached hydrogens (tertiary/aromatic N) is 1. The molecule has 0 heterocycles. The molecule has 0 bridgehead atoms. The number of hydrogen-bond donors (Lipinski definition) is 1. The van der Waals surface area contributed by atoms with Gasteiger partial charge in [0.25, 0.3) is 0 Å². The lowest BCUT2D eigenvalue weighted by Crippen LogP contribution is -2.41. The van der Waals surface area contributed by atoms with Crippen LogP contribution in [0.25, 0.3) is 0 Å². The summed E-state index contributed by atoms with van der Waals surface area (Å²) in [4.78, 5) is 13.2. The molecule has 19 heavy (non-hydrogen) atoms. The van der Waals surface area contributed by atoms with Crippen molar-refractivity contribution < 1.29 is 9.53 Å². The van der Waals surface area contributed by atoms with E-state index < -0.39 is 6.04 Å². The molecule has 1 rings (SSSR count). The maximum absolute atomic E-state index is 11.6. The summed E-state index contributed by atoms with van der Waals surface area (Å²) in [5.41, 5.74) is 9.03. The molecule has 0 aromatic heterocycles. The molecule has 0 spiro atoms. The lowest BCUT2D eigenvalue weighted by atomic mass is 10.1. The van der Waals surface area contributed by atoms with E-state index in [2.05, 4.69) is 26.0 Å². The van der Waals surface area contributed by atoms with E-state index in [0.717, 1.165) is 16.9 Å². The van der Waals surface area contributed by atoms with Gasteiger partial charge in [0.1, 0.15) is 12.4 Å². The lowest BCUT2D eigenvalue weighted by Gasteiger charge is -2.20. The summed E-state index contributed by atoms with van der Waals surface area (Å²) < 4.78 is 5.81. The van der Waals surface area contributed by atoms with Crippen LogP contribution in [0.4, 0.5) is 0 Å². The number of rotatable bonds is 5. The second-order valence-corrected chi connectivity index (χ2v) is 5.05. The summed E-state index contributed by atoms with van der Waals surface area (Å²) in [6.45, 7) is 8.84. The van der Waals surface area contributed by atoms with Crippen molar-refractivity contribution in [2.75, 3.05) is 20.2 Å². The number of nitrogens with two attached hydrogens (primary N) is 1. The fourth-order valence-corrected chi connectivity index (χ4v) is 1.89. The minimum atomic E-state index is -0.465. The Morgan fingerprint density at radius 2 is 1.89 bits per heavy atom. The molecule has 1 amide bonds. The van der Waals surface area contributed by atoms with E-state index in [1.54, 1.807) is 18.9 Å². The van der Waals surface area contributed by atoms with E-state index in [4.69, 9.17) is 10.5 Å². The quantitative estimate of drug-likeness (QED) is 0.882. The van der Waals surface area contributed by atoms with Crippen LogP contribution < -0.4 is 10.5 Å². The van der Waals surface area contributed by atoms with Crippen LogP contribution in [0.5, 0.6) is 5.75 Å². The van der Waals surface area contributed by atoms with Gasteiger partial charge in [0.05, 0.1) is 12.6 Å². The standard InChI is InChI=1S/C15H24N2O2/c1-10-6-7-11(2)14(12(10)3)19-9-8-17(5)15(18)13(4)16/h6-7,13H,8-9,16H2,1-5H3. The van der Waals surface area contributed by atoms with Gasteiger partial charge < -0.3 is 15.4 Å². The van der Waals surface area contributed by atoms with Gasteiger partial charge >= 0.3 is 0 Å². The zero-order valence-corrected chi connectivity index (χ0v) is 12.5. The van der Waals surface area contributed by atoms with Gasteiger partial charge in [-0.3, -0.25) is 4.79 Å². The third-order valence-electron chi connectivity index (χ3n) is 3.31. The minimum Gasteiger partial charge on any atom is -0.491 e. The second-order valence-electron chi connectivity index (χ2n) is 5.05. The van der Waals surface area contributed by atoms with Crippen molar-refractivity contribution in [3.63, 3.8) is 0 Å². The van der Waals surface area contributed by atoms with Crippen LogP contribution in [0.2, 0.25) is 0 Å². The highest BCUT2D eigenvalue weighted by Gasteiger charge is 2.13. The van der Waals surface area contributed by atoms with Gasteiger partial charge in [-0.25, -0.2) is 0 Å². The Bertz CT molecular complexity index is 456. The molecule has 106 valence electrons. The number of carbonyl (C=O) groups is 1. The number of aryl methyl sites for hydroxylation is 2. The molecule has 4 heteroatoms. The Balaban J connectivity index is 2.59. The third-order valence-corrected chi connectivity index (χ3v) is 3.31. The van der Waals surface area contributed by atoms with Gasteiger partial charge in [0.15, 0.2) is 0 Å². The topological polar surface area (TPSA) is 55.6 Å². The minimum absolute atomic E-state index is 0.0683. The number of hydrogen-bond acceptors (Lipinski definition) is 3. The average Bonchev–Trinajstić information content (AvgIpc) is 2.36. The maximum Gasteiger partial charge on any atom is 0.239 e. The van der Waals surface area contributed by atoms with Crippen LogP contribution in [0.3, 0.4) is 0 Å². The van der Waals surface area contributed by atoms with E-state index in [1.807, 2.05) is 6.92 Å². The second kappa shape index (κ2) is 6.57. The van der Waals surface area contributed by atoms with Crippen molar-refractivity contribution in [2.45, 2.75) is 33.7 Å². The fourth-order valence-electron chi connectivity index (χ4n) is 1.89. The van der Waals surface area contributed by atoms with Crippen molar-refractivity contribution in [3.05, 3.63) is 28.8 Å². The van der Waals surface area contributed by atoms with E-state index in [1.165, 1.54) is 5.56 Å². The van der Waals surface area contributed by atoms with Crippen LogP contribution >= 0.6 is 0 Å². The lowest BCUT2D eigenvalue weighted by molar-refractivity contribution is -0.131. The molecule has 1 aromatic carbocycles. The van der Waals surface area contributed by atoms with Crippen LogP contribution in [0, 0.1) is 20.8 Å². The van der Waals surface area contributed by atoms with E-state index >= 15 is 0 Å². The molecule has 0 saturated heterocycles. The van der Waals surface area contributed by atoms with E-state index in [-0.39, 0.29) is 5.91 Å². The van der Waals surface area contributed by atoms with Gasteiger partial charge in [-0.05, 0) is 44.4 Å². The number of benzene rings is 1. The third kappa shape index (κ3) is 3.96. The zero-order chi connectivity index (χ0) is 14.6. The highest BCUT2D eigenvalue weighted by Crippen LogP contribution is 2.25. The van der Waals surface area contributed by atoms with Gasteiger partial charge in [-0.1, -0.05) is 12.1 Å². The summed E-state index contributed by atoms with van der Waals surface area (Å²) >= 11 is 0. The van der Waals surface area contributed by atoms with Crippen LogP contribution in [0.1, 0.15) is 23.6 Å². The summed E-state index contributed by atoms with van der Waals surface area (Å²) in [7, 11) is 1.74. The molecule has 0 aliphatic carbocycles. The van der Waals surface area contributed by atoms with Crippen molar-refractivity contribution in [3.8, 4) is 5.75 Å². The first kappa shape index (κ1) is 15.5. The molecular formula is C15H24N2O2. The summed E-state index contributed by atoms with van der Waals surface area (Å²) in [6, 6.07) is 3.67. The predicted molar refractivity (Wildman–Crippen MR) is 77.4 cm³/mol. The molecule has 1 atom stereocenters. The van der Waals surface area contributed by atoms with Crippen LogP contribution in [-0.2, 0) is 4.79 Å². The first-order valence-corrected chi connectivity index (χ1v) is 6.54. The summed E-state index contributed by atoms with van der Waals surface area (Å²) in [5, 5.41) is 0. The molecule has 0 aliphatic heterocycles. The number of likely N-dealkylation sites (N-methyl/N-ethyl adjacent to an activating group) is 1. The number of amides is 1. The van der Waals surface area contributed by atoms with Crippen LogP contribution in [0.15, 0.2) is 12.1 Å². The molecule has 0 radical (unpaired) electrons. The molecule has 0 saturated carbocycles. The Morgan fingerprint density at radius 1 is 1.32 bits per heavy atom. The highest BCUT2D eigenvalue weighted by atomic mass is 16.5. The maximum atomic E-state index is 11.6. The SMILES string of the molecule is Cc1ccc(C)c(OCCN(C)C(=O)C(C)N)c1C. The Morgan fingerprint density at radius 3 is 2.47 bits per heavy atom. The fraction of sp³-hybridized carbons (Fsp3) is 0.533. The molecule has 0 fully saturated rings. The average molecular weight is 264 g/mol. The Hall–Kier alpha value is -1.55.